The highest BCUT2D eigenvalue weighted by Gasteiger charge is 2.05. The average molecular weight is 246 g/mol. The van der Waals surface area contributed by atoms with Crippen LogP contribution in [0.25, 0.3) is 0 Å². The van der Waals surface area contributed by atoms with E-state index in [1.165, 1.54) is 5.56 Å². The quantitative estimate of drug-likeness (QED) is 0.830. The molecule has 0 saturated heterocycles. The van der Waals surface area contributed by atoms with Crippen molar-refractivity contribution >= 4 is 11.6 Å². The number of rotatable bonds is 5. The molecule has 0 unspecified atom stereocenters. The Morgan fingerprint density at radius 3 is 2.72 bits per heavy atom. The van der Waals surface area contributed by atoms with Crippen LogP contribution in [0.2, 0.25) is 0 Å². The lowest BCUT2D eigenvalue weighted by Crippen LogP contribution is -2.09. The Hall–Kier alpha value is -2.11. The van der Waals surface area contributed by atoms with E-state index in [0.29, 0.717) is 0 Å². The number of nitrogens with zero attached hydrogens (tertiary/aromatic N) is 4. The Balaban J connectivity index is 1.94. The summed E-state index contributed by atoms with van der Waals surface area (Å²) in [5, 5.41) is 10.5. The van der Waals surface area contributed by atoms with Crippen molar-refractivity contribution in [3.63, 3.8) is 0 Å². The molecule has 0 saturated carbocycles. The van der Waals surface area contributed by atoms with E-state index in [4.69, 9.17) is 0 Å². The zero-order valence-electron chi connectivity index (χ0n) is 10.9. The molecule has 0 radical (unpaired) electrons. The SMILES string of the molecule is CNc1ncnc(NCCc2cnn(C)c2)c1C. The minimum absolute atomic E-state index is 0.826. The van der Waals surface area contributed by atoms with E-state index >= 15 is 0 Å². The largest absolute Gasteiger partial charge is 0.373 e. The zero-order valence-corrected chi connectivity index (χ0v) is 10.9. The second-order valence-electron chi connectivity index (χ2n) is 4.14. The maximum absolute atomic E-state index is 4.24. The molecule has 18 heavy (non-hydrogen) atoms. The molecule has 0 spiro atoms. The fraction of sp³-hybridized carbons (Fsp3) is 0.417. The van der Waals surface area contributed by atoms with Crippen molar-refractivity contribution in [3.05, 3.63) is 29.8 Å². The molecule has 0 aliphatic heterocycles. The monoisotopic (exact) mass is 246 g/mol. The first kappa shape index (κ1) is 12.3. The van der Waals surface area contributed by atoms with Gasteiger partial charge in [0.25, 0.3) is 0 Å². The lowest BCUT2D eigenvalue weighted by atomic mass is 10.2. The lowest BCUT2D eigenvalue weighted by molar-refractivity contribution is 0.767. The molecular formula is C12H18N6. The number of nitrogens with one attached hydrogen (secondary N) is 2. The molecule has 0 aliphatic rings. The van der Waals surface area contributed by atoms with Gasteiger partial charge in [-0.2, -0.15) is 5.10 Å². The Labute approximate surface area is 106 Å². The molecule has 0 aliphatic carbocycles. The Morgan fingerprint density at radius 2 is 2.06 bits per heavy atom. The van der Waals surface area contributed by atoms with Crippen LogP contribution in [0.3, 0.4) is 0 Å². The molecule has 2 aromatic rings. The first-order valence-electron chi connectivity index (χ1n) is 5.91. The maximum atomic E-state index is 4.24. The molecule has 2 rings (SSSR count). The summed E-state index contributed by atoms with van der Waals surface area (Å²) in [5.74, 6) is 1.73. The fourth-order valence-electron chi connectivity index (χ4n) is 1.81. The molecule has 6 heteroatoms. The van der Waals surface area contributed by atoms with Gasteiger partial charge in [-0.3, -0.25) is 4.68 Å². The molecule has 0 bridgehead atoms. The fourth-order valence-corrected chi connectivity index (χ4v) is 1.81. The second kappa shape index (κ2) is 5.48. The van der Waals surface area contributed by atoms with Crippen molar-refractivity contribution < 1.29 is 0 Å². The van der Waals surface area contributed by atoms with Gasteiger partial charge in [0.05, 0.1) is 6.20 Å². The number of hydrogen-bond acceptors (Lipinski definition) is 5. The Kier molecular flexibility index (Phi) is 3.76. The molecule has 6 nitrogen and oxygen atoms in total. The van der Waals surface area contributed by atoms with E-state index in [0.717, 1.165) is 30.2 Å². The van der Waals surface area contributed by atoms with Gasteiger partial charge in [0, 0.05) is 32.4 Å². The van der Waals surface area contributed by atoms with Crippen molar-refractivity contribution in [2.45, 2.75) is 13.3 Å². The van der Waals surface area contributed by atoms with E-state index in [1.807, 2.05) is 38.1 Å². The molecule has 2 N–H and O–H groups in total. The third kappa shape index (κ3) is 2.77. The number of aryl methyl sites for hydroxylation is 1. The van der Waals surface area contributed by atoms with Crippen LogP contribution in [-0.4, -0.2) is 33.3 Å². The van der Waals surface area contributed by atoms with E-state index in [9.17, 15) is 0 Å². The third-order valence-electron chi connectivity index (χ3n) is 2.79. The summed E-state index contributed by atoms with van der Waals surface area (Å²) in [6, 6.07) is 0. The van der Waals surface area contributed by atoms with Gasteiger partial charge in [-0.1, -0.05) is 0 Å². The highest BCUT2D eigenvalue weighted by molar-refractivity contribution is 5.56. The summed E-state index contributed by atoms with van der Waals surface area (Å²) in [6.45, 7) is 2.82. The molecule has 2 heterocycles. The van der Waals surface area contributed by atoms with Crippen LogP contribution in [0.5, 0.6) is 0 Å². The summed E-state index contributed by atoms with van der Waals surface area (Å²) in [5.41, 5.74) is 2.25. The standard InChI is InChI=1S/C12H18N6/c1-9-11(13-2)15-8-16-12(9)14-5-4-10-6-17-18(3)7-10/h6-8H,4-5H2,1-3H3,(H2,13,14,15,16). The summed E-state index contributed by atoms with van der Waals surface area (Å²) in [6.07, 6.45) is 6.39. The van der Waals surface area contributed by atoms with Crippen LogP contribution >= 0.6 is 0 Å². The van der Waals surface area contributed by atoms with E-state index < -0.39 is 0 Å². The molecule has 0 aromatic carbocycles. The van der Waals surface area contributed by atoms with E-state index in [2.05, 4.69) is 25.7 Å². The van der Waals surface area contributed by atoms with Gasteiger partial charge in [-0.05, 0) is 18.9 Å². The van der Waals surface area contributed by atoms with Crippen LogP contribution in [0, 0.1) is 6.92 Å². The highest BCUT2D eigenvalue weighted by Crippen LogP contribution is 2.17. The lowest BCUT2D eigenvalue weighted by Gasteiger charge is -2.10. The molecule has 0 amide bonds. The van der Waals surface area contributed by atoms with Gasteiger partial charge >= 0.3 is 0 Å². The molecular weight excluding hydrogens is 228 g/mol. The van der Waals surface area contributed by atoms with Gasteiger partial charge in [0.15, 0.2) is 0 Å². The summed E-state index contributed by atoms with van der Waals surface area (Å²) >= 11 is 0. The predicted molar refractivity (Wildman–Crippen MR) is 71.7 cm³/mol. The van der Waals surface area contributed by atoms with Crippen LogP contribution in [0.4, 0.5) is 11.6 Å². The zero-order chi connectivity index (χ0) is 13.0. The first-order valence-corrected chi connectivity index (χ1v) is 5.91. The van der Waals surface area contributed by atoms with Crippen LogP contribution in [-0.2, 0) is 13.5 Å². The van der Waals surface area contributed by atoms with Gasteiger partial charge in [-0.15, -0.1) is 0 Å². The van der Waals surface area contributed by atoms with Crippen molar-refractivity contribution in [2.24, 2.45) is 7.05 Å². The van der Waals surface area contributed by atoms with Crippen LogP contribution < -0.4 is 10.6 Å². The Morgan fingerprint density at radius 1 is 1.28 bits per heavy atom. The molecule has 0 atom stereocenters. The predicted octanol–water partition coefficient (Wildman–Crippen LogP) is 1.21. The third-order valence-corrected chi connectivity index (χ3v) is 2.79. The van der Waals surface area contributed by atoms with Gasteiger partial charge in [-0.25, -0.2) is 9.97 Å². The normalized spacial score (nSPS) is 10.4. The first-order chi connectivity index (χ1) is 8.70. The molecule has 0 fully saturated rings. The molecule has 2 aromatic heterocycles. The van der Waals surface area contributed by atoms with Crippen molar-refractivity contribution in [1.29, 1.82) is 0 Å². The van der Waals surface area contributed by atoms with Gasteiger partial charge < -0.3 is 10.6 Å². The average Bonchev–Trinajstić information content (AvgIpc) is 2.77. The topological polar surface area (TPSA) is 67.7 Å². The minimum atomic E-state index is 0.826. The van der Waals surface area contributed by atoms with E-state index in [1.54, 1.807) is 6.33 Å². The summed E-state index contributed by atoms with van der Waals surface area (Å²) < 4.78 is 1.81. The van der Waals surface area contributed by atoms with E-state index in [-0.39, 0.29) is 0 Å². The highest BCUT2D eigenvalue weighted by atomic mass is 15.2. The van der Waals surface area contributed by atoms with Crippen molar-refractivity contribution in [1.82, 2.24) is 19.7 Å². The van der Waals surface area contributed by atoms with Crippen molar-refractivity contribution in [2.75, 3.05) is 24.2 Å². The van der Waals surface area contributed by atoms with Crippen LogP contribution in [0.1, 0.15) is 11.1 Å². The minimum Gasteiger partial charge on any atom is -0.373 e. The smallest absolute Gasteiger partial charge is 0.134 e. The van der Waals surface area contributed by atoms with Crippen molar-refractivity contribution in [3.8, 4) is 0 Å². The van der Waals surface area contributed by atoms with Gasteiger partial charge in [0.2, 0.25) is 0 Å². The van der Waals surface area contributed by atoms with Crippen LogP contribution in [0.15, 0.2) is 18.7 Å². The molecule has 96 valence electrons. The summed E-state index contributed by atoms with van der Waals surface area (Å²) in [4.78, 5) is 8.39. The summed E-state index contributed by atoms with van der Waals surface area (Å²) in [7, 11) is 3.78. The second-order valence-corrected chi connectivity index (χ2v) is 4.14. The maximum Gasteiger partial charge on any atom is 0.134 e. The number of anilines is 2. The Bertz CT molecular complexity index is 519. The number of hydrogen-bond donors (Lipinski definition) is 2. The number of aromatic nitrogens is 4. The van der Waals surface area contributed by atoms with Gasteiger partial charge in [0.1, 0.15) is 18.0 Å².